The lowest BCUT2D eigenvalue weighted by Crippen LogP contribution is -2.56. The Bertz CT molecular complexity index is 1340. The van der Waals surface area contributed by atoms with Crippen molar-refractivity contribution in [2.45, 2.75) is 63.9 Å². The molecular weight excluding hydrogens is 510 g/mol. The molecule has 208 valence electrons. The molecule has 3 rings (SSSR count). The largest absolute Gasteiger partial charge is 0.350 e. The number of nitrogens with zero attached hydrogens (tertiary/aromatic N) is 2. The van der Waals surface area contributed by atoms with Gasteiger partial charge in [0.1, 0.15) is 12.6 Å². The van der Waals surface area contributed by atoms with Gasteiger partial charge in [0.15, 0.2) is 0 Å². The summed E-state index contributed by atoms with van der Waals surface area (Å²) >= 11 is 0. The molecule has 0 bridgehead atoms. The highest BCUT2D eigenvalue weighted by Gasteiger charge is 2.34. The summed E-state index contributed by atoms with van der Waals surface area (Å²) in [5.41, 5.74) is 1.85. The van der Waals surface area contributed by atoms with Gasteiger partial charge in [0, 0.05) is 12.1 Å². The third-order valence-electron chi connectivity index (χ3n) is 6.30. The number of para-hydroxylation sites is 1. The van der Waals surface area contributed by atoms with Crippen molar-refractivity contribution in [2.75, 3.05) is 17.4 Å². The first-order valence-corrected chi connectivity index (χ1v) is 14.7. The lowest BCUT2D eigenvalue weighted by atomic mass is 10.1. The molecule has 0 saturated carbocycles. The molecule has 39 heavy (non-hydrogen) atoms. The third kappa shape index (κ3) is 8.17. The van der Waals surface area contributed by atoms with E-state index in [0.29, 0.717) is 18.5 Å². The van der Waals surface area contributed by atoms with Crippen LogP contribution in [-0.4, -0.2) is 49.8 Å². The number of sulfonamides is 1. The maximum absolute atomic E-state index is 14.0. The lowest BCUT2D eigenvalue weighted by molar-refractivity contribution is -0.140. The van der Waals surface area contributed by atoms with Gasteiger partial charge in [-0.25, -0.2) is 8.42 Å². The molecule has 0 heterocycles. The van der Waals surface area contributed by atoms with Crippen LogP contribution in [-0.2, 0) is 26.0 Å². The maximum Gasteiger partial charge on any atom is 0.264 e. The molecule has 0 radical (unpaired) electrons. The molecule has 0 aliphatic heterocycles. The molecule has 0 aliphatic rings. The van der Waals surface area contributed by atoms with Crippen molar-refractivity contribution >= 4 is 27.5 Å². The van der Waals surface area contributed by atoms with Crippen LogP contribution in [0.1, 0.15) is 45.2 Å². The van der Waals surface area contributed by atoms with Crippen LogP contribution in [0.2, 0.25) is 0 Å². The van der Waals surface area contributed by atoms with Gasteiger partial charge in [0.05, 0.1) is 10.6 Å². The Morgan fingerprint density at radius 1 is 0.872 bits per heavy atom. The van der Waals surface area contributed by atoms with Gasteiger partial charge < -0.3 is 10.2 Å². The van der Waals surface area contributed by atoms with Crippen LogP contribution in [0.4, 0.5) is 5.69 Å². The summed E-state index contributed by atoms with van der Waals surface area (Å²) in [4.78, 5) is 28.9. The second kappa shape index (κ2) is 12.9. The number of carbonyl (C=O) groups excluding carboxylic acids is 2. The topological polar surface area (TPSA) is 86.8 Å². The third-order valence-corrected chi connectivity index (χ3v) is 8.09. The summed E-state index contributed by atoms with van der Waals surface area (Å²) in [6, 6.07) is 24.1. The number of amides is 2. The summed E-state index contributed by atoms with van der Waals surface area (Å²) in [6.45, 7) is 9.23. The summed E-state index contributed by atoms with van der Waals surface area (Å²) < 4.78 is 28.8. The molecular formula is C31H39N3O4S. The van der Waals surface area contributed by atoms with Gasteiger partial charge >= 0.3 is 0 Å². The molecule has 7 nitrogen and oxygen atoms in total. The van der Waals surface area contributed by atoms with E-state index in [9.17, 15) is 18.0 Å². The van der Waals surface area contributed by atoms with Gasteiger partial charge in [-0.05, 0) is 70.4 Å². The van der Waals surface area contributed by atoms with Crippen molar-refractivity contribution in [3.8, 4) is 0 Å². The van der Waals surface area contributed by atoms with Gasteiger partial charge in [0.25, 0.3) is 10.0 Å². The molecule has 8 heteroatoms. The molecule has 0 spiro atoms. The first kappa shape index (κ1) is 29.9. The Kier molecular flexibility index (Phi) is 9.92. The van der Waals surface area contributed by atoms with Crippen molar-refractivity contribution in [3.05, 3.63) is 96.1 Å². The number of aryl methyl sites for hydroxylation is 1. The second-order valence-electron chi connectivity index (χ2n) is 10.6. The van der Waals surface area contributed by atoms with Crippen molar-refractivity contribution in [3.63, 3.8) is 0 Å². The fourth-order valence-electron chi connectivity index (χ4n) is 4.31. The van der Waals surface area contributed by atoms with Crippen LogP contribution in [0.15, 0.2) is 89.8 Å². The second-order valence-corrected chi connectivity index (χ2v) is 12.5. The molecule has 1 N–H and O–H groups in total. The lowest BCUT2D eigenvalue weighted by Gasteiger charge is -2.34. The Labute approximate surface area is 232 Å². The van der Waals surface area contributed by atoms with E-state index < -0.39 is 34.1 Å². The van der Waals surface area contributed by atoms with Gasteiger partial charge in [-0.15, -0.1) is 0 Å². The summed E-state index contributed by atoms with van der Waals surface area (Å²) in [7, 11) is -4.06. The van der Waals surface area contributed by atoms with E-state index in [-0.39, 0.29) is 17.3 Å². The van der Waals surface area contributed by atoms with E-state index in [2.05, 4.69) is 5.32 Å². The fraction of sp³-hybridized carbons (Fsp3) is 0.355. The van der Waals surface area contributed by atoms with Crippen LogP contribution in [0.3, 0.4) is 0 Å². The van der Waals surface area contributed by atoms with E-state index in [0.717, 1.165) is 15.4 Å². The van der Waals surface area contributed by atoms with Crippen LogP contribution in [0.25, 0.3) is 0 Å². The van der Waals surface area contributed by atoms with Crippen LogP contribution in [0, 0.1) is 6.92 Å². The van der Waals surface area contributed by atoms with Crippen molar-refractivity contribution < 1.29 is 18.0 Å². The minimum Gasteiger partial charge on any atom is -0.350 e. The Morgan fingerprint density at radius 2 is 1.44 bits per heavy atom. The Morgan fingerprint density at radius 3 is 1.97 bits per heavy atom. The minimum atomic E-state index is -4.06. The molecule has 0 fully saturated rings. The molecule has 0 aliphatic carbocycles. The smallest absolute Gasteiger partial charge is 0.264 e. The molecule has 0 saturated heterocycles. The highest BCUT2D eigenvalue weighted by molar-refractivity contribution is 7.92. The fourth-order valence-corrected chi connectivity index (χ4v) is 5.72. The van der Waals surface area contributed by atoms with E-state index in [1.165, 1.54) is 4.90 Å². The molecule has 2 amide bonds. The standard InChI is InChI=1S/C31H39N3O4S/c1-6-28(30(36)32-31(3,4)5)33(22-21-25-13-9-7-10-14-25)29(35)23-34(26-15-11-8-12-16-26)39(37,38)27-19-17-24(2)18-20-27/h7-20,28H,6,21-23H2,1-5H3,(H,32,36)/t28-/m1/s1. The number of hydrogen-bond acceptors (Lipinski definition) is 4. The zero-order valence-corrected chi connectivity index (χ0v) is 24.2. The van der Waals surface area contributed by atoms with Gasteiger partial charge in [-0.2, -0.15) is 0 Å². The van der Waals surface area contributed by atoms with Gasteiger partial charge in [-0.1, -0.05) is 73.2 Å². The zero-order valence-electron chi connectivity index (χ0n) is 23.4. The SMILES string of the molecule is CC[C@H](C(=O)NC(C)(C)C)N(CCc1ccccc1)C(=O)CN(c1ccccc1)S(=O)(=O)c1ccc(C)cc1. The van der Waals surface area contributed by atoms with E-state index >= 15 is 0 Å². The minimum absolute atomic E-state index is 0.0955. The van der Waals surface area contributed by atoms with Crippen LogP contribution in [0.5, 0.6) is 0 Å². The van der Waals surface area contributed by atoms with Crippen molar-refractivity contribution in [2.24, 2.45) is 0 Å². The Hall–Kier alpha value is -3.65. The van der Waals surface area contributed by atoms with Crippen molar-refractivity contribution in [1.82, 2.24) is 10.2 Å². The molecule has 1 atom stereocenters. The predicted molar refractivity (Wildman–Crippen MR) is 156 cm³/mol. The average Bonchev–Trinajstić information content (AvgIpc) is 2.89. The number of carbonyl (C=O) groups is 2. The van der Waals surface area contributed by atoms with Gasteiger partial charge in [0.2, 0.25) is 11.8 Å². The van der Waals surface area contributed by atoms with Crippen LogP contribution >= 0.6 is 0 Å². The maximum atomic E-state index is 14.0. The van der Waals surface area contributed by atoms with Crippen molar-refractivity contribution in [1.29, 1.82) is 0 Å². The predicted octanol–water partition coefficient (Wildman–Crippen LogP) is 4.95. The average molecular weight is 550 g/mol. The quantitative estimate of drug-likeness (QED) is 0.367. The van der Waals surface area contributed by atoms with Crippen LogP contribution < -0.4 is 9.62 Å². The molecule has 3 aromatic rings. The van der Waals surface area contributed by atoms with E-state index in [4.69, 9.17) is 0 Å². The summed E-state index contributed by atoms with van der Waals surface area (Å²) in [5, 5.41) is 2.99. The number of nitrogens with one attached hydrogen (secondary N) is 1. The first-order chi connectivity index (χ1) is 18.4. The molecule has 0 unspecified atom stereocenters. The summed E-state index contributed by atoms with van der Waals surface area (Å²) in [5.74, 6) is -0.708. The summed E-state index contributed by atoms with van der Waals surface area (Å²) in [6.07, 6.45) is 0.917. The zero-order chi connectivity index (χ0) is 28.6. The number of rotatable bonds is 11. The number of anilines is 1. The first-order valence-electron chi connectivity index (χ1n) is 13.2. The highest BCUT2D eigenvalue weighted by atomic mass is 32.2. The monoisotopic (exact) mass is 549 g/mol. The van der Waals surface area contributed by atoms with E-state index in [1.54, 1.807) is 54.6 Å². The number of hydrogen-bond donors (Lipinski definition) is 1. The van der Waals surface area contributed by atoms with E-state index in [1.807, 2.05) is 65.0 Å². The highest BCUT2D eigenvalue weighted by Crippen LogP contribution is 2.24. The Balaban J connectivity index is 1.99. The molecule has 0 aromatic heterocycles. The molecule has 3 aromatic carbocycles. The number of benzene rings is 3. The van der Waals surface area contributed by atoms with Gasteiger partial charge in [-0.3, -0.25) is 13.9 Å². The normalized spacial score (nSPS) is 12.4.